The van der Waals surface area contributed by atoms with Gasteiger partial charge in [0.05, 0.1) is 0 Å². The number of allylic oxidation sites excluding steroid dienone is 1. The summed E-state index contributed by atoms with van der Waals surface area (Å²) < 4.78 is 10.6. The van der Waals surface area contributed by atoms with Crippen molar-refractivity contribution in [2.45, 2.75) is 19.1 Å². The molecule has 15 heavy (non-hydrogen) atoms. The zero-order valence-electron chi connectivity index (χ0n) is 9.99. The first-order valence-corrected chi connectivity index (χ1v) is 10.5. The number of rotatable bonds is 7. The Kier molecular flexibility index (Phi) is 6.57. The topological polar surface area (TPSA) is 58.9 Å². The average Bonchev–Trinajstić information content (AvgIpc) is 2.28. The summed E-state index contributed by atoms with van der Waals surface area (Å²) in [4.78, 5) is 0. The van der Waals surface area contributed by atoms with Crippen molar-refractivity contribution in [1.82, 2.24) is 0 Å². The molecule has 0 aromatic heterocycles. The predicted molar refractivity (Wildman–Crippen MR) is 65.4 cm³/mol. The van der Waals surface area contributed by atoms with E-state index in [4.69, 9.17) is 19.1 Å². The molecule has 6 heteroatoms. The van der Waals surface area contributed by atoms with Crippen LogP contribution in [0.4, 0.5) is 0 Å². The first-order valence-electron chi connectivity index (χ1n) is 4.95. The van der Waals surface area contributed by atoms with Crippen molar-refractivity contribution in [1.29, 1.82) is 0 Å². The fourth-order valence-corrected chi connectivity index (χ4v) is 3.24. The van der Waals surface area contributed by atoms with Crippen LogP contribution in [-0.4, -0.2) is 53.5 Å². The van der Waals surface area contributed by atoms with E-state index in [1.54, 1.807) is 14.2 Å². The first-order chi connectivity index (χ1) is 6.95. The lowest BCUT2D eigenvalue weighted by atomic mass is 10.8. The third-order valence-corrected chi connectivity index (χ3v) is 7.78. The quantitative estimate of drug-likeness (QED) is 0.649. The fourth-order valence-electron chi connectivity index (χ4n) is 0.963. The summed E-state index contributed by atoms with van der Waals surface area (Å²) in [5.74, 6) is 0. The second-order valence-corrected chi connectivity index (χ2v) is 11.9. The van der Waals surface area contributed by atoms with Gasteiger partial charge < -0.3 is 19.1 Å². The van der Waals surface area contributed by atoms with Gasteiger partial charge >= 0.3 is 8.56 Å². The fraction of sp³-hybridized carbons (Fsp3) is 0.778. The van der Waals surface area contributed by atoms with Gasteiger partial charge in [-0.1, -0.05) is 18.3 Å². The summed E-state index contributed by atoms with van der Waals surface area (Å²) in [5, 5.41) is 18.3. The Balaban J connectivity index is 4.30. The highest BCUT2D eigenvalue weighted by atomic mass is 28.4. The number of hydrogen-bond acceptors (Lipinski definition) is 4. The van der Waals surface area contributed by atoms with E-state index >= 15 is 0 Å². The van der Waals surface area contributed by atoms with Gasteiger partial charge in [-0.2, -0.15) is 0 Å². The average molecular weight is 250 g/mol. The van der Waals surface area contributed by atoms with E-state index in [1.807, 2.05) is 24.9 Å². The summed E-state index contributed by atoms with van der Waals surface area (Å²) in [5.41, 5.74) is 1.95. The minimum absolute atomic E-state index is 0.0677. The number of aliphatic hydroxyl groups excluding tert-OH is 2. The Morgan fingerprint density at radius 2 is 1.53 bits per heavy atom. The third-order valence-electron chi connectivity index (χ3n) is 2.59. The van der Waals surface area contributed by atoms with Crippen molar-refractivity contribution >= 4 is 16.6 Å². The van der Waals surface area contributed by atoms with Gasteiger partial charge in [0.15, 0.2) is 0 Å². The van der Waals surface area contributed by atoms with E-state index in [2.05, 4.69) is 0 Å². The molecule has 0 aromatic carbocycles. The van der Waals surface area contributed by atoms with Gasteiger partial charge in [0.25, 0.3) is 0 Å². The Hall–Kier alpha value is 0.0138. The van der Waals surface area contributed by atoms with Crippen LogP contribution in [0.5, 0.6) is 0 Å². The van der Waals surface area contributed by atoms with Gasteiger partial charge in [-0.15, -0.1) is 0 Å². The molecule has 0 spiro atoms. The summed E-state index contributed by atoms with van der Waals surface area (Å²) in [7, 11) is -0.729. The maximum Gasteiger partial charge on any atom is 0.338 e. The van der Waals surface area contributed by atoms with Crippen LogP contribution in [0.25, 0.3) is 0 Å². The Morgan fingerprint density at radius 3 is 1.87 bits per heavy atom. The molecule has 2 N–H and O–H groups in total. The molecule has 90 valence electrons. The third kappa shape index (κ3) is 5.05. The van der Waals surface area contributed by atoms with E-state index in [0.29, 0.717) is 0 Å². The van der Waals surface area contributed by atoms with E-state index < -0.39 is 16.6 Å². The lowest BCUT2D eigenvalue weighted by molar-refractivity contribution is 0.253. The molecule has 0 bridgehead atoms. The molecule has 0 rings (SSSR count). The molecule has 4 nitrogen and oxygen atoms in total. The standard InChI is InChI=1S/C9H22O4Si2/c1-12-15(4,13-2)7-5-6-14(3,8-10)9-11/h5-6,10-11H,7-9H2,1-4H3/b6-5+. The molecule has 0 unspecified atom stereocenters. The highest BCUT2D eigenvalue weighted by Gasteiger charge is 2.28. The molecule has 0 amide bonds. The Bertz CT molecular complexity index is 200. The Morgan fingerprint density at radius 1 is 1.07 bits per heavy atom. The zero-order valence-corrected chi connectivity index (χ0v) is 12.0. The minimum Gasteiger partial charge on any atom is -0.399 e. The minimum atomic E-state index is -2.05. The molecule has 0 atom stereocenters. The molecule has 0 fully saturated rings. The molecule has 0 aliphatic heterocycles. The lowest BCUT2D eigenvalue weighted by Gasteiger charge is -2.22. The molecule has 0 radical (unpaired) electrons. The summed E-state index contributed by atoms with van der Waals surface area (Å²) in [6, 6.07) is 0.739. The van der Waals surface area contributed by atoms with Crippen molar-refractivity contribution < 1.29 is 19.1 Å². The number of aliphatic hydroxyl groups is 2. The van der Waals surface area contributed by atoms with Gasteiger partial charge in [0.1, 0.15) is 8.07 Å². The number of hydrogen-bond donors (Lipinski definition) is 2. The van der Waals surface area contributed by atoms with Gasteiger partial charge in [-0.25, -0.2) is 0 Å². The molecule has 0 saturated carbocycles. The molecule has 0 aliphatic carbocycles. The van der Waals surface area contributed by atoms with Crippen molar-refractivity contribution in [2.75, 3.05) is 26.7 Å². The second-order valence-electron chi connectivity index (χ2n) is 4.12. The van der Waals surface area contributed by atoms with E-state index in [1.165, 1.54) is 0 Å². The van der Waals surface area contributed by atoms with Crippen LogP contribution in [0.2, 0.25) is 19.1 Å². The largest absolute Gasteiger partial charge is 0.399 e. The van der Waals surface area contributed by atoms with E-state index in [9.17, 15) is 0 Å². The monoisotopic (exact) mass is 250 g/mol. The van der Waals surface area contributed by atoms with Crippen LogP contribution >= 0.6 is 0 Å². The molecular weight excluding hydrogens is 228 g/mol. The van der Waals surface area contributed by atoms with Crippen LogP contribution in [0.3, 0.4) is 0 Å². The summed E-state index contributed by atoms with van der Waals surface area (Å²) in [6.45, 7) is 3.91. The normalized spacial score (nSPS) is 13.7. The maximum atomic E-state index is 9.13. The molecular formula is C9H22O4Si2. The summed E-state index contributed by atoms with van der Waals surface area (Å²) in [6.07, 6.45) is 2.11. The SMILES string of the molecule is CO[Si](C)(C/C=C/[Si](C)(CO)CO)OC. The van der Waals surface area contributed by atoms with Crippen molar-refractivity contribution in [3.63, 3.8) is 0 Å². The van der Waals surface area contributed by atoms with E-state index in [0.717, 1.165) is 6.04 Å². The van der Waals surface area contributed by atoms with Crippen molar-refractivity contribution in [3.05, 3.63) is 11.8 Å². The molecule has 0 aromatic rings. The zero-order chi connectivity index (χ0) is 11.9. The van der Waals surface area contributed by atoms with Gasteiger partial charge in [0, 0.05) is 32.7 Å². The smallest absolute Gasteiger partial charge is 0.338 e. The molecule has 0 heterocycles. The highest BCUT2D eigenvalue weighted by Crippen LogP contribution is 2.13. The molecule has 0 saturated heterocycles. The predicted octanol–water partition coefficient (Wildman–Crippen LogP) is 0.588. The van der Waals surface area contributed by atoms with Gasteiger partial charge in [-0.3, -0.25) is 0 Å². The van der Waals surface area contributed by atoms with E-state index in [-0.39, 0.29) is 12.5 Å². The summed E-state index contributed by atoms with van der Waals surface area (Å²) >= 11 is 0. The van der Waals surface area contributed by atoms with Crippen molar-refractivity contribution in [3.8, 4) is 0 Å². The second kappa shape index (κ2) is 6.56. The van der Waals surface area contributed by atoms with Gasteiger partial charge in [-0.05, 0) is 6.55 Å². The lowest BCUT2D eigenvalue weighted by Crippen LogP contribution is -2.39. The van der Waals surface area contributed by atoms with Crippen LogP contribution in [0.15, 0.2) is 11.8 Å². The van der Waals surface area contributed by atoms with Crippen LogP contribution < -0.4 is 0 Å². The first kappa shape index (κ1) is 15.0. The van der Waals surface area contributed by atoms with Crippen molar-refractivity contribution in [2.24, 2.45) is 0 Å². The van der Waals surface area contributed by atoms with Crippen LogP contribution in [0, 0.1) is 0 Å². The van der Waals surface area contributed by atoms with Crippen LogP contribution in [-0.2, 0) is 8.85 Å². The van der Waals surface area contributed by atoms with Crippen LogP contribution in [0.1, 0.15) is 0 Å². The highest BCUT2D eigenvalue weighted by molar-refractivity contribution is 6.83. The molecule has 0 aliphatic rings. The Labute approximate surface area is 93.8 Å². The maximum absolute atomic E-state index is 9.13. The van der Waals surface area contributed by atoms with Gasteiger partial charge in [0.2, 0.25) is 0 Å².